The van der Waals surface area contributed by atoms with Gasteiger partial charge in [-0.05, 0) is 13.0 Å². The molecule has 0 atom stereocenters. The molecule has 1 fully saturated rings. The molecule has 0 saturated carbocycles. The van der Waals surface area contributed by atoms with E-state index < -0.39 is 12.6 Å². The monoisotopic (exact) mass is 413 g/mol. The van der Waals surface area contributed by atoms with Gasteiger partial charge in [0.15, 0.2) is 17.5 Å². The summed E-state index contributed by atoms with van der Waals surface area (Å²) in [5.74, 6) is 0.789. The summed E-state index contributed by atoms with van der Waals surface area (Å²) < 4.78 is 40.5. The van der Waals surface area contributed by atoms with Crippen molar-refractivity contribution in [3.8, 4) is 17.2 Å². The lowest BCUT2D eigenvalue weighted by molar-refractivity contribution is -0.124. The minimum atomic E-state index is -2.99. The summed E-state index contributed by atoms with van der Waals surface area (Å²) in [6, 6.07) is 2.45. The number of nitrogens with zero attached hydrogens (tertiary/aromatic N) is 2. The number of imide groups is 1. The number of aliphatic imine (C=N–C) groups is 1. The van der Waals surface area contributed by atoms with E-state index in [1.165, 1.54) is 6.07 Å². The maximum absolute atomic E-state index is 12.7. The Morgan fingerprint density at radius 3 is 2.72 bits per heavy atom. The molecule has 0 spiro atoms. The van der Waals surface area contributed by atoms with Gasteiger partial charge in [-0.2, -0.15) is 8.78 Å². The third kappa shape index (κ3) is 5.15. The smallest absolute Gasteiger partial charge is 0.387 e. The molecule has 0 bridgehead atoms. The molecule has 12 heteroatoms. The lowest BCUT2D eigenvalue weighted by atomic mass is 10.1. The lowest BCUT2D eigenvalue weighted by Crippen LogP contribution is -2.43. The van der Waals surface area contributed by atoms with E-state index in [1.54, 1.807) is 6.07 Å². The number of alkyl halides is 2. The van der Waals surface area contributed by atoms with Gasteiger partial charge in [0.25, 0.3) is 0 Å². The van der Waals surface area contributed by atoms with Crippen molar-refractivity contribution in [3.63, 3.8) is 0 Å². The van der Waals surface area contributed by atoms with Crippen LogP contribution in [-0.4, -0.2) is 62.4 Å². The van der Waals surface area contributed by atoms with Gasteiger partial charge in [-0.1, -0.05) is 0 Å². The van der Waals surface area contributed by atoms with Crippen LogP contribution in [0, 0.1) is 0 Å². The second-order valence-electron chi connectivity index (χ2n) is 6.02. The molecule has 158 valence electrons. The summed E-state index contributed by atoms with van der Waals surface area (Å²) in [5.41, 5.74) is 0.390. The number of carbonyl (C=O) groups excluding carboxylic acids is 2. The largest absolute Gasteiger partial charge is 0.454 e. The zero-order valence-electron chi connectivity index (χ0n) is 15.7. The number of halogens is 2. The van der Waals surface area contributed by atoms with E-state index in [4.69, 9.17) is 9.47 Å². The second-order valence-corrected chi connectivity index (χ2v) is 6.02. The minimum Gasteiger partial charge on any atom is -0.454 e. The number of rotatable bonds is 8. The molecule has 1 saturated heterocycles. The van der Waals surface area contributed by atoms with Crippen molar-refractivity contribution < 1.29 is 32.6 Å². The van der Waals surface area contributed by atoms with Crippen molar-refractivity contribution in [1.82, 2.24) is 20.9 Å². The maximum Gasteiger partial charge on any atom is 0.387 e. The van der Waals surface area contributed by atoms with Gasteiger partial charge in [0, 0.05) is 31.3 Å². The third-order valence-corrected chi connectivity index (χ3v) is 4.09. The highest BCUT2D eigenvalue weighted by Gasteiger charge is 2.27. The number of hydrogen-bond acceptors (Lipinski definition) is 6. The van der Waals surface area contributed by atoms with Crippen molar-refractivity contribution in [3.05, 3.63) is 17.7 Å². The van der Waals surface area contributed by atoms with Crippen LogP contribution in [0.5, 0.6) is 17.2 Å². The van der Waals surface area contributed by atoms with Crippen molar-refractivity contribution in [1.29, 1.82) is 0 Å². The van der Waals surface area contributed by atoms with Gasteiger partial charge in [-0.15, -0.1) is 0 Å². The first-order valence-electron chi connectivity index (χ1n) is 8.95. The Morgan fingerprint density at radius 2 is 2.07 bits per heavy atom. The van der Waals surface area contributed by atoms with Crippen molar-refractivity contribution in [2.24, 2.45) is 4.99 Å². The van der Waals surface area contributed by atoms with Crippen molar-refractivity contribution in [2.75, 3.05) is 33.0 Å². The number of benzene rings is 1. The van der Waals surface area contributed by atoms with Gasteiger partial charge >= 0.3 is 12.6 Å². The van der Waals surface area contributed by atoms with E-state index >= 15 is 0 Å². The summed E-state index contributed by atoms with van der Waals surface area (Å²) in [6.07, 6.45) is 0. The Hall–Kier alpha value is -3.31. The highest BCUT2D eigenvalue weighted by Crippen LogP contribution is 2.39. The molecule has 3 N–H and O–H groups in total. The molecule has 3 rings (SSSR count). The third-order valence-electron chi connectivity index (χ3n) is 4.09. The van der Waals surface area contributed by atoms with E-state index in [0.717, 1.165) is 4.90 Å². The van der Waals surface area contributed by atoms with E-state index in [9.17, 15) is 18.4 Å². The molecular weight excluding hydrogens is 392 g/mol. The van der Waals surface area contributed by atoms with Gasteiger partial charge < -0.3 is 30.2 Å². The van der Waals surface area contributed by atoms with Crippen LogP contribution in [0.4, 0.5) is 13.6 Å². The van der Waals surface area contributed by atoms with E-state index in [0.29, 0.717) is 29.6 Å². The number of amides is 3. The Labute approximate surface area is 165 Å². The van der Waals surface area contributed by atoms with E-state index in [-0.39, 0.29) is 44.6 Å². The zero-order valence-corrected chi connectivity index (χ0v) is 15.7. The maximum atomic E-state index is 12.7. The van der Waals surface area contributed by atoms with Crippen LogP contribution < -0.4 is 30.2 Å². The molecular formula is C17H21F2N5O5. The van der Waals surface area contributed by atoms with Crippen LogP contribution in [-0.2, 0) is 11.3 Å². The fourth-order valence-corrected chi connectivity index (χ4v) is 2.77. The van der Waals surface area contributed by atoms with Gasteiger partial charge in [-0.3, -0.25) is 9.69 Å². The highest BCUT2D eigenvalue weighted by atomic mass is 19.3. The lowest BCUT2D eigenvalue weighted by Gasteiger charge is -2.16. The first-order chi connectivity index (χ1) is 14.0. The first-order valence-corrected chi connectivity index (χ1v) is 8.95. The molecule has 10 nitrogen and oxygen atoms in total. The van der Waals surface area contributed by atoms with Crippen LogP contribution >= 0.6 is 0 Å². The number of hydrogen-bond donors (Lipinski definition) is 3. The average Bonchev–Trinajstić information content (AvgIpc) is 3.25. The normalized spacial score (nSPS) is 15.7. The molecule has 29 heavy (non-hydrogen) atoms. The molecule has 0 aromatic heterocycles. The fraction of sp³-hybridized carbons (Fsp3) is 0.471. The van der Waals surface area contributed by atoms with Crippen LogP contribution in [0.3, 0.4) is 0 Å². The molecule has 0 radical (unpaired) electrons. The molecule has 1 aromatic carbocycles. The summed E-state index contributed by atoms with van der Waals surface area (Å²) >= 11 is 0. The van der Waals surface area contributed by atoms with Gasteiger partial charge in [0.05, 0.1) is 13.1 Å². The van der Waals surface area contributed by atoms with Crippen LogP contribution in [0.1, 0.15) is 12.5 Å². The molecule has 0 unspecified atom stereocenters. The predicted molar refractivity (Wildman–Crippen MR) is 97.1 cm³/mol. The first kappa shape index (κ1) is 20.4. The quantitative estimate of drug-likeness (QED) is 0.325. The van der Waals surface area contributed by atoms with Crippen LogP contribution in [0.15, 0.2) is 17.1 Å². The predicted octanol–water partition coefficient (Wildman–Crippen LogP) is 0.624. The van der Waals surface area contributed by atoms with Crippen molar-refractivity contribution in [2.45, 2.75) is 20.1 Å². The number of ether oxygens (including phenoxy) is 3. The summed E-state index contributed by atoms with van der Waals surface area (Å²) in [5, 5.41) is 8.43. The van der Waals surface area contributed by atoms with E-state index in [2.05, 4.69) is 25.7 Å². The average molecular weight is 413 g/mol. The molecule has 1 aromatic rings. The molecule has 2 heterocycles. The number of nitrogens with one attached hydrogen (secondary N) is 3. The summed E-state index contributed by atoms with van der Waals surface area (Å²) in [4.78, 5) is 28.6. The summed E-state index contributed by atoms with van der Waals surface area (Å²) in [7, 11) is 0. The Bertz CT molecular complexity index is 789. The van der Waals surface area contributed by atoms with Crippen LogP contribution in [0.25, 0.3) is 0 Å². The standard InChI is InChI=1S/C17H21F2N5O5/c1-2-20-16(21-3-4-24-14(25)8-23-17(24)26)22-7-10-5-12-13(28-9-27-12)6-11(10)29-15(18)19/h5-6,15H,2-4,7-9H2,1H3,(H,23,26)(H2,20,21,22). The minimum absolute atomic E-state index is 0.00314. The molecule has 2 aliphatic rings. The van der Waals surface area contributed by atoms with E-state index in [1.807, 2.05) is 6.92 Å². The van der Waals surface area contributed by atoms with Crippen molar-refractivity contribution >= 4 is 17.9 Å². The second kappa shape index (κ2) is 9.26. The van der Waals surface area contributed by atoms with Crippen LogP contribution in [0.2, 0.25) is 0 Å². The summed E-state index contributed by atoms with van der Waals surface area (Å²) in [6.45, 7) is -0.124. The number of carbonyl (C=O) groups is 2. The topological polar surface area (TPSA) is 114 Å². The van der Waals surface area contributed by atoms with Gasteiger partial charge in [0.2, 0.25) is 12.7 Å². The van der Waals surface area contributed by atoms with Gasteiger partial charge in [0.1, 0.15) is 5.75 Å². The fourth-order valence-electron chi connectivity index (χ4n) is 2.77. The highest BCUT2D eigenvalue weighted by molar-refractivity contribution is 6.01. The zero-order chi connectivity index (χ0) is 20.8. The van der Waals surface area contributed by atoms with Gasteiger partial charge in [-0.25, -0.2) is 9.79 Å². The molecule has 2 aliphatic heterocycles. The SMILES string of the molecule is CCNC(=NCc1cc2c(cc1OC(F)F)OCO2)NCCN1C(=O)CNC1=O. The molecule has 0 aliphatic carbocycles. The number of guanidine groups is 1. The Morgan fingerprint density at radius 1 is 1.31 bits per heavy atom. The number of fused-ring (bicyclic) bond motifs is 1. The number of urea groups is 1. The molecule has 3 amide bonds. The Kier molecular flexibility index (Phi) is 6.52. The Balaban J connectivity index is 1.66.